The number of carboxylic acids is 2. The van der Waals surface area contributed by atoms with Crippen molar-refractivity contribution in [1.29, 1.82) is 0 Å². The van der Waals surface area contributed by atoms with Crippen molar-refractivity contribution in [2.75, 3.05) is 6.61 Å². The lowest BCUT2D eigenvalue weighted by Gasteiger charge is -2.11. The number of hydrogen-bond acceptors (Lipinski definition) is 5. The molecular formula is C13H16BrNO6. The summed E-state index contributed by atoms with van der Waals surface area (Å²) in [5.41, 5.74) is 6.80. The normalized spacial score (nSPS) is 10.8. The van der Waals surface area contributed by atoms with Crippen molar-refractivity contribution in [3.05, 3.63) is 34.3 Å². The van der Waals surface area contributed by atoms with Crippen LogP contribution in [0.15, 0.2) is 28.7 Å². The first-order chi connectivity index (χ1) is 9.77. The van der Waals surface area contributed by atoms with Crippen LogP contribution in [0.2, 0.25) is 0 Å². The zero-order chi connectivity index (χ0) is 16.4. The van der Waals surface area contributed by atoms with Crippen LogP contribution in [0, 0.1) is 0 Å². The third-order valence-electron chi connectivity index (χ3n) is 2.15. The standard InChI is InChI=1S/C11H14BrNO2.C2H2O4/c1-2-15-11(14)7-10(13)8-4-3-5-9(12)6-8;3-1(4)2(5)6/h3-6,10H,2,7,13H2,1H3;(H,3,4)(H,5,6). The highest BCUT2D eigenvalue weighted by molar-refractivity contribution is 9.10. The largest absolute Gasteiger partial charge is 0.473 e. The molecule has 1 unspecified atom stereocenters. The first-order valence-corrected chi connectivity index (χ1v) is 6.70. The van der Waals surface area contributed by atoms with E-state index >= 15 is 0 Å². The van der Waals surface area contributed by atoms with E-state index in [0.29, 0.717) is 6.61 Å². The van der Waals surface area contributed by atoms with Crippen molar-refractivity contribution in [1.82, 2.24) is 0 Å². The van der Waals surface area contributed by atoms with Gasteiger partial charge in [-0.15, -0.1) is 0 Å². The highest BCUT2D eigenvalue weighted by Crippen LogP contribution is 2.19. The van der Waals surface area contributed by atoms with Gasteiger partial charge in [-0.05, 0) is 24.6 Å². The van der Waals surface area contributed by atoms with E-state index in [-0.39, 0.29) is 18.4 Å². The van der Waals surface area contributed by atoms with Crippen molar-refractivity contribution >= 4 is 33.8 Å². The van der Waals surface area contributed by atoms with Gasteiger partial charge < -0.3 is 20.7 Å². The zero-order valence-electron chi connectivity index (χ0n) is 11.3. The summed E-state index contributed by atoms with van der Waals surface area (Å²) in [5.74, 6) is -3.91. The monoisotopic (exact) mass is 361 g/mol. The van der Waals surface area contributed by atoms with Crippen molar-refractivity contribution in [2.45, 2.75) is 19.4 Å². The number of halogens is 1. The number of carbonyl (C=O) groups excluding carboxylic acids is 1. The number of benzene rings is 1. The number of carboxylic acid groups (broad SMARTS) is 2. The number of esters is 1. The Morgan fingerprint density at radius 1 is 1.29 bits per heavy atom. The van der Waals surface area contributed by atoms with Crippen molar-refractivity contribution in [3.63, 3.8) is 0 Å². The molecule has 1 aromatic rings. The molecule has 0 saturated carbocycles. The lowest BCUT2D eigenvalue weighted by Crippen LogP contribution is -2.17. The molecule has 8 heteroatoms. The third-order valence-corrected chi connectivity index (χ3v) is 2.64. The lowest BCUT2D eigenvalue weighted by molar-refractivity contribution is -0.159. The summed E-state index contributed by atoms with van der Waals surface area (Å²) in [5, 5.41) is 14.8. The topological polar surface area (TPSA) is 127 Å². The van der Waals surface area contributed by atoms with Crippen LogP contribution in [0.25, 0.3) is 0 Å². The van der Waals surface area contributed by atoms with E-state index in [1.807, 2.05) is 24.3 Å². The molecule has 21 heavy (non-hydrogen) atoms. The van der Waals surface area contributed by atoms with Gasteiger partial charge in [-0.3, -0.25) is 4.79 Å². The fraction of sp³-hybridized carbons (Fsp3) is 0.308. The summed E-state index contributed by atoms with van der Waals surface area (Å²) in [6.45, 7) is 2.17. The van der Waals surface area contributed by atoms with Crippen LogP contribution < -0.4 is 5.73 Å². The van der Waals surface area contributed by atoms with Gasteiger partial charge in [-0.1, -0.05) is 28.1 Å². The van der Waals surface area contributed by atoms with E-state index in [1.54, 1.807) is 6.92 Å². The quantitative estimate of drug-likeness (QED) is 0.548. The van der Waals surface area contributed by atoms with Gasteiger partial charge in [-0.2, -0.15) is 0 Å². The second kappa shape index (κ2) is 9.89. The molecule has 0 saturated heterocycles. The molecule has 0 aromatic heterocycles. The summed E-state index contributed by atoms with van der Waals surface area (Å²) in [7, 11) is 0. The second-order valence-electron chi connectivity index (χ2n) is 3.78. The van der Waals surface area contributed by atoms with Crippen molar-refractivity contribution in [2.24, 2.45) is 5.73 Å². The Hall–Kier alpha value is -1.93. The Labute approximate surface area is 129 Å². The average molecular weight is 362 g/mol. The molecule has 0 amide bonds. The molecule has 7 nitrogen and oxygen atoms in total. The number of carbonyl (C=O) groups is 3. The van der Waals surface area contributed by atoms with Crippen LogP contribution in [-0.2, 0) is 19.1 Å². The summed E-state index contributed by atoms with van der Waals surface area (Å²) in [6.07, 6.45) is 0.213. The fourth-order valence-corrected chi connectivity index (χ4v) is 1.67. The van der Waals surface area contributed by atoms with E-state index in [4.69, 9.17) is 30.3 Å². The van der Waals surface area contributed by atoms with E-state index in [9.17, 15) is 4.79 Å². The van der Waals surface area contributed by atoms with Gasteiger partial charge in [0.1, 0.15) is 0 Å². The van der Waals surface area contributed by atoms with E-state index < -0.39 is 11.9 Å². The van der Waals surface area contributed by atoms with Gasteiger partial charge in [0.25, 0.3) is 0 Å². The lowest BCUT2D eigenvalue weighted by atomic mass is 10.1. The van der Waals surface area contributed by atoms with Gasteiger partial charge in [-0.25, -0.2) is 9.59 Å². The molecule has 1 rings (SSSR count). The van der Waals surface area contributed by atoms with Gasteiger partial charge in [0.15, 0.2) is 0 Å². The van der Waals surface area contributed by atoms with Crippen LogP contribution in [0.1, 0.15) is 24.9 Å². The molecule has 4 N–H and O–H groups in total. The van der Waals surface area contributed by atoms with E-state index in [0.717, 1.165) is 10.0 Å². The highest BCUT2D eigenvalue weighted by Gasteiger charge is 2.12. The van der Waals surface area contributed by atoms with Crippen LogP contribution in [0.4, 0.5) is 0 Å². The molecule has 0 radical (unpaired) electrons. The molecule has 0 aliphatic carbocycles. The van der Waals surface area contributed by atoms with Crippen LogP contribution in [0.5, 0.6) is 0 Å². The first kappa shape index (κ1) is 19.1. The Bertz CT molecular complexity index is 493. The number of rotatable bonds is 4. The van der Waals surface area contributed by atoms with Gasteiger partial charge in [0.2, 0.25) is 0 Å². The molecular weight excluding hydrogens is 346 g/mol. The second-order valence-corrected chi connectivity index (χ2v) is 4.70. The number of aliphatic carboxylic acids is 2. The van der Waals surface area contributed by atoms with Gasteiger partial charge >= 0.3 is 17.9 Å². The maximum Gasteiger partial charge on any atom is 0.414 e. The molecule has 1 aromatic carbocycles. The number of hydrogen-bond donors (Lipinski definition) is 3. The predicted molar refractivity (Wildman–Crippen MR) is 77.6 cm³/mol. The summed E-state index contributed by atoms with van der Waals surface area (Å²) >= 11 is 3.36. The van der Waals surface area contributed by atoms with Gasteiger partial charge in [0.05, 0.1) is 13.0 Å². The van der Waals surface area contributed by atoms with Gasteiger partial charge in [0, 0.05) is 10.5 Å². The van der Waals surface area contributed by atoms with E-state index in [1.165, 1.54) is 0 Å². The smallest absolute Gasteiger partial charge is 0.414 e. The fourth-order valence-electron chi connectivity index (χ4n) is 1.25. The first-order valence-electron chi connectivity index (χ1n) is 5.90. The number of nitrogens with two attached hydrogens (primary N) is 1. The minimum Gasteiger partial charge on any atom is -0.473 e. The summed E-state index contributed by atoms with van der Waals surface area (Å²) in [4.78, 5) is 29.4. The van der Waals surface area contributed by atoms with Crippen LogP contribution in [-0.4, -0.2) is 34.7 Å². The molecule has 0 spiro atoms. The van der Waals surface area contributed by atoms with Crippen LogP contribution in [0.3, 0.4) is 0 Å². The van der Waals surface area contributed by atoms with Crippen molar-refractivity contribution in [3.8, 4) is 0 Å². The SMILES string of the molecule is CCOC(=O)CC(N)c1cccc(Br)c1.O=C(O)C(=O)O. The molecule has 0 aliphatic rings. The minimum absolute atomic E-state index is 0.213. The molecule has 0 bridgehead atoms. The molecule has 0 fully saturated rings. The zero-order valence-corrected chi connectivity index (χ0v) is 12.9. The molecule has 1 atom stereocenters. The maximum absolute atomic E-state index is 11.2. The predicted octanol–water partition coefficient (Wildman–Crippen LogP) is 1.56. The number of ether oxygens (including phenoxy) is 1. The van der Waals surface area contributed by atoms with E-state index in [2.05, 4.69) is 15.9 Å². The molecule has 116 valence electrons. The Balaban J connectivity index is 0.000000567. The summed E-state index contributed by atoms with van der Waals surface area (Å²) < 4.78 is 5.79. The molecule has 0 heterocycles. The average Bonchev–Trinajstić information content (AvgIpc) is 2.39. The maximum atomic E-state index is 11.2. The minimum atomic E-state index is -1.82. The Morgan fingerprint density at radius 2 is 1.86 bits per heavy atom. The Morgan fingerprint density at radius 3 is 2.29 bits per heavy atom. The van der Waals surface area contributed by atoms with Crippen molar-refractivity contribution < 1.29 is 29.3 Å². The summed E-state index contributed by atoms with van der Waals surface area (Å²) in [6, 6.07) is 7.31. The third kappa shape index (κ3) is 8.77. The van der Waals surface area contributed by atoms with Crippen LogP contribution >= 0.6 is 15.9 Å². The Kier molecular flexibility index (Phi) is 8.98. The highest BCUT2D eigenvalue weighted by atomic mass is 79.9. The molecule has 0 aliphatic heterocycles.